The molecule has 10 heavy (non-hydrogen) atoms. The van der Waals surface area contributed by atoms with Crippen LogP contribution in [-0.4, -0.2) is 24.1 Å². The molecule has 0 aromatic carbocycles. The summed E-state index contributed by atoms with van der Waals surface area (Å²) in [6.07, 6.45) is 0.972. The van der Waals surface area contributed by atoms with Crippen LogP contribution >= 0.6 is 0 Å². The van der Waals surface area contributed by atoms with Crippen molar-refractivity contribution in [1.82, 2.24) is 5.06 Å². The Hall–Kier alpha value is -0.570. The van der Waals surface area contributed by atoms with Gasteiger partial charge in [0.1, 0.15) is 0 Å². The second-order valence-electron chi connectivity index (χ2n) is 1.81. The summed E-state index contributed by atoms with van der Waals surface area (Å²) in [4.78, 5) is 15.3. The lowest BCUT2D eigenvalue weighted by atomic mass is 10.5. The molecule has 1 aliphatic rings. The summed E-state index contributed by atoms with van der Waals surface area (Å²) in [5, 5.41) is 1.39. The molecule has 3 nitrogen and oxygen atoms in total. The highest BCUT2D eigenvalue weighted by Gasteiger charge is 2.13. The molecule has 0 spiro atoms. The number of amides is 1. The molecular weight excluding hydrogens is 130 g/mol. The predicted octanol–water partition coefficient (Wildman–Crippen LogP) is 1.20. The lowest BCUT2D eigenvalue weighted by molar-refractivity contribution is -0.166. The molecule has 60 valence electrons. The van der Waals surface area contributed by atoms with Crippen molar-refractivity contribution < 1.29 is 9.63 Å². The summed E-state index contributed by atoms with van der Waals surface area (Å²) in [6, 6.07) is 0. The van der Waals surface area contributed by atoms with Crippen LogP contribution in [0.2, 0.25) is 0 Å². The van der Waals surface area contributed by atoms with Crippen molar-refractivity contribution in [3.05, 3.63) is 0 Å². The van der Waals surface area contributed by atoms with Gasteiger partial charge in [0, 0.05) is 6.92 Å². The van der Waals surface area contributed by atoms with E-state index in [0.29, 0.717) is 6.61 Å². The van der Waals surface area contributed by atoms with Gasteiger partial charge in [-0.1, -0.05) is 13.8 Å². The van der Waals surface area contributed by atoms with Gasteiger partial charge in [0.25, 0.3) is 0 Å². The number of carbonyl (C=O) groups is 1. The van der Waals surface area contributed by atoms with Crippen molar-refractivity contribution in [2.45, 2.75) is 27.2 Å². The minimum absolute atomic E-state index is 0.00231. The average molecular weight is 145 g/mol. The van der Waals surface area contributed by atoms with Crippen molar-refractivity contribution in [3.8, 4) is 0 Å². The predicted molar refractivity (Wildman–Crippen MR) is 39.3 cm³/mol. The van der Waals surface area contributed by atoms with E-state index in [0.717, 1.165) is 13.0 Å². The lowest BCUT2D eigenvalue weighted by Crippen LogP contribution is -2.22. The minimum Gasteiger partial charge on any atom is -0.273 e. The number of hydrogen-bond acceptors (Lipinski definition) is 2. The Morgan fingerprint density at radius 2 is 2.10 bits per heavy atom. The highest BCUT2D eigenvalue weighted by Crippen LogP contribution is 2.02. The van der Waals surface area contributed by atoms with Gasteiger partial charge >= 0.3 is 0 Å². The zero-order valence-electron chi connectivity index (χ0n) is 6.89. The first-order valence-electron chi connectivity index (χ1n) is 3.72. The van der Waals surface area contributed by atoms with Gasteiger partial charge < -0.3 is 0 Å². The number of hydroxylamine groups is 2. The van der Waals surface area contributed by atoms with Crippen LogP contribution < -0.4 is 0 Å². The molecule has 1 saturated heterocycles. The Kier molecular flexibility index (Phi) is 4.94. The van der Waals surface area contributed by atoms with E-state index in [1.165, 1.54) is 12.0 Å². The zero-order chi connectivity index (χ0) is 7.98. The first-order chi connectivity index (χ1) is 4.80. The molecule has 0 saturated carbocycles. The Morgan fingerprint density at radius 3 is 2.30 bits per heavy atom. The monoisotopic (exact) mass is 145 g/mol. The van der Waals surface area contributed by atoms with Gasteiger partial charge in [-0.2, -0.15) is 0 Å². The third-order valence-corrected chi connectivity index (χ3v) is 1.10. The molecule has 1 aliphatic heterocycles. The van der Waals surface area contributed by atoms with E-state index >= 15 is 0 Å². The Morgan fingerprint density at radius 1 is 1.50 bits per heavy atom. The third-order valence-electron chi connectivity index (χ3n) is 1.10. The SMILES string of the molecule is CC.CC(=O)N1CCCO1. The molecule has 0 aromatic rings. The molecule has 0 N–H and O–H groups in total. The maximum Gasteiger partial charge on any atom is 0.242 e. The largest absolute Gasteiger partial charge is 0.273 e. The van der Waals surface area contributed by atoms with E-state index < -0.39 is 0 Å². The molecule has 1 amide bonds. The topological polar surface area (TPSA) is 29.5 Å². The third kappa shape index (κ3) is 2.82. The lowest BCUT2D eigenvalue weighted by Gasteiger charge is -2.08. The molecule has 1 fully saturated rings. The molecule has 1 heterocycles. The van der Waals surface area contributed by atoms with Gasteiger partial charge in [-0.05, 0) is 6.42 Å². The first-order valence-corrected chi connectivity index (χ1v) is 3.72. The maximum absolute atomic E-state index is 10.4. The van der Waals surface area contributed by atoms with Gasteiger partial charge in [0.15, 0.2) is 0 Å². The molecule has 0 aromatic heterocycles. The summed E-state index contributed by atoms with van der Waals surface area (Å²) >= 11 is 0. The average Bonchev–Trinajstić information content (AvgIpc) is 2.42. The molecule has 3 heteroatoms. The number of hydrogen-bond donors (Lipinski definition) is 0. The van der Waals surface area contributed by atoms with Crippen LogP contribution in [0.25, 0.3) is 0 Å². The van der Waals surface area contributed by atoms with Crippen LogP contribution in [0.4, 0.5) is 0 Å². The number of carbonyl (C=O) groups excluding carboxylic acids is 1. The van der Waals surface area contributed by atoms with E-state index in [2.05, 4.69) is 0 Å². The van der Waals surface area contributed by atoms with Gasteiger partial charge in [-0.15, -0.1) is 0 Å². The maximum atomic E-state index is 10.4. The van der Waals surface area contributed by atoms with E-state index in [-0.39, 0.29) is 5.91 Å². The molecule has 0 radical (unpaired) electrons. The Balaban J connectivity index is 0.000000371. The summed E-state index contributed by atoms with van der Waals surface area (Å²) in [5.41, 5.74) is 0. The van der Waals surface area contributed by atoms with Crippen molar-refractivity contribution in [2.75, 3.05) is 13.2 Å². The van der Waals surface area contributed by atoms with Crippen LogP contribution in [-0.2, 0) is 9.63 Å². The van der Waals surface area contributed by atoms with Crippen molar-refractivity contribution in [1.29, 1.82) is 0 Å². The molecule has 0 atom stereocenters. The normalized spacial score (nSPS) is 16.1. The van der Waals surface area contributed by atoms with Crippen molar-refractivity contribution in [2.24, 2.45) is 0 Å². The number of rotatable bonds is 0. The molecule has 0 bridgehead atoms. The van der Waals surface area contributed by atoms with E-state index in [9.17, 15) is 4.79 Å². The second kappa shape index (κ2) is 5.23. The van der Waals surface area contributed by atoms with E-state index in [1.54, 1.807) is 0 Å². The van der Waals surface area contributed by atoms with Crippen molar-refractivity contribution >= 4 is 5.91 Å². The number of nitrogens with zero attached hydrogens (tertiary/aromatic N) is 1. The van der Waals surface area contributed by atoms with Gasteiger partial charge in [0.05, 0.1) is 13.2 Å². The Labute approximate surface area is 61.9 Å². The highest BCUT2D eigenvalue weighted by atomic mass is 16.7. The van der Waals surface area contributed by atoms with E-state index in [4.69, 9.17) is 4.84 Å². The fourth-order valence-electron chi connectivity index (χ4n) is 0.696. The van der Waals surface area contributed by atoms with Crippen LogP contribution in [0, 0.1) is 0 Å². The first kappa shape index (κ1) is 9.43. The molecule has 0 unspecified atom stereocenters. The molecule has 0 aliphatic carbocycles. The van der Waals surface area contributed by atoms with Gasteiger partial charge in [0.2, 0.25) is 5.91 Å². The smallest absolute Gasteiger partial charge is 0.242 e. The van der Waals surface area contributed by atoms with Crippen molar-refractivity contribution in [3.63, 3.8) is 0 Å². The zero-order valence-corrected chi connectivity index (χ0v) is 6.89. The van der Waals surface area contributed by atoms with Crippen LogP contribution in [0.5, 0.6) is 0 Å². The Bertz CT molecular complexity index is 97.8. The van der Waals surface area contributed by atoms with Crippen LogP contribution in [0.15, 0.2) is 0 Å². The highest BCUT2D eigenvalue weighted by molar-refractivity contribution is 5.72. The van der Waals surface area contributed by atoms with Gasteiger partial charge in [-0.25, -0.2) is 5.06 Å². The standard InChI is InChI=1S/C5H9NO2.C2H6/c1-5(7)6-3-2-4-8-6;1-2/h2-4H2,1H3;1-2H3. The fourth-order valence-corrected chi connectivity index (χ4v) is 0.696. The molecular formula is C7H15NO2. The fraction of sp³-hybridized carbons (Fsp3) is 0.857. The summed E-state index contributed by atoms with van der Waals surface area (Å²) < 4.78 is 0. The summed E-state index contributed by atoms with van der Waals surface area (Å²) in [6.45, 7) is 6.96. The quantitative estimate of drug-likeness (QED) is 0.512. The van der Waals surface area contributed by atoms with Crippen LogP contribution in [0.3, 0.4) is 0 Å². The summed E-state index contributed by atoms with van der Waals surface area (Å²) in [5.74, 6) is 0.00231. The minimum atomic E-state index is 0.00231. The molecule has 1 rings (SSSR count). The van der Waals surface area contributed by atoms with Crippen LogP contribution in [0.1, 0.15) is 27.2 Å². The summed E-state index contributed by atoms with van der Waals surface area (Å²) in [7, 11) is 0. The van der Waals surface area contributed by atoms with E-state index in [1.807, 2.05) is 13.8 Å². The van der Waals surface area contributed by atoms with Gasteiger partial charge in [-0.3, -0.25) is 9.63 Å². The second-order valence-corrected chi connectivity index (χ2v) is 1.81.